The van der Waals surface area contributed by atoms with Crippen LogP contribution in [0.4, 0.5) is 0 Å². The molecular formula is C6H11N2O2. The number of nitrogens with two attached hydrogens (primary N) is 1. The molecule has 1 fully saturated rings. The Labute approximate surface area is 59.4 Å². The van der Waals surface area contributed by atoms with Crippen LogP contribution in [-0.4, -0.2) is 24.6 Å². The van der Waals surface area contributed by atoms with Gasteiger partial charge >= 0.3 is 0 Å². The molecule has 0 aromatic heterocycles. The van der Waals surface area contributed by atoms with Crippen molar-refractivity contribution >= 4 is 5.91 Å². The maximum Gasteiger partial charge on any atom is 0.234 e. The van der Waals surface area contributed by atoms with Gasteiger partial charge in [-0.15, -0.1) is 0 Å². The minimum absolute atomic E-state index is 0.343. The number of hydrogen-bond acceptors (Lipinski definition) is 2. The van der Waals surface area contributed by atoms with Gasteiger partial charge in [0.2, 0.25) is 5.91 Å². The molecule has 1 saturated heterocycles. The molecule has 10 heavy (non-hydrogen) atoms. The zero-order chi connectivity index (χ0) is 7.56. The Morgan fingerprint density at radius 1 is 1.60 bits per heavy atom. The molecule has 3 N–H and O–H groups in total. The van der Waals surface area contributed by atoms with E-state index in [9.17, 15) is 9.90 Å². The summed E-state index contributed by atoms with van der Waals surface area (Å²) in [7, 11) is 0. The highest BCUT2D eigenvalue weighted by molar-refractivity contribution is 5.79. The second-order valence-electron chi connectivity index (χ2n) is 2.56. The molecule has 0 saturated carbocycles. The van der Waals surface area contributed by atoms with Crippen LogP contribution in [0.15, 0.2) is 0 Å². The molecule has 1 heterocycles. The lowest BCUT2D eigenvalue weighted by molar-refractivity contribution is -0.122. The first kappa shape index (κ1) is 7.50. The van der Waals surface area contributed by atoms with E-state index in [4.69, 9.17) is 5.73 Å². The molecule has 0 aromatic rings. The van der Waals surface area contributed by atoms with Gasteiger partial charge in [-0.25, -0.2) is 5.11 Å². The van der Waals surface area contributed by atoms with Crippen LogP contribution in [0.1, 0.15) is 12.8 Å². The first-order valence-corrected chi connectivity index (χ1v) is 3.38. The Bertz CT molecular complexity index is 138. The first-order chi connectivity index (χ1) is 4.70. The van der Waals surface area contributed by atoms with Gasteiger partial charge in [0, 0.05) is 6.42 Å². The molecule has 57 valence electrons. The smallest absolute Gasteiger partial charge is 0.234 e. The van der Waals surface area contributed by atoms with Gasteiger partial charge in [0.15, 0.2) is 0 Å². The lowest BCUT2D eigenvalue weighted by atomic mass is 10.0. The molecule has 0 aromatic carbocycles. The van der Waals surface area contributed by atoms with E-state index in [-0.39, 0.29) is 0 Å². The van der Waals surface area contributed by atoms with Crippen molar-refractivity contribution in [2.75, 3.05) is 6.54 Å². The van der Waals surface area contributed by atoms with Gasteiger partial charge < -0.3 is 11.1 Å². The van der Waals surface area contributed by atoms with Crippen LogP contribution in [0.3, 0.4) is 0 Å². The Hall–Kier alpha value is -0.610. The summed E-state index contributed by atoms with van der Waals surface area (Å²) in [5.74, 6) is -0.416. The Balaban J connectivity index is 2.39. The average molecular weight is 143 g/mol. The molecule has 2 atom stereocenters. The molecule has 1 aliphatic rings. The summed E-state index contributed by atoms with van der Waals surface area (Å²) in [5, 5.41) is 13.7. The zero-order valence-corrected chi connectivity index (χ0v) is 5.67. The summed E-state index contributed by atoms with van der Waals surface area (Å²) in [6.07, 6.45) is 0.331. The predicted octanol–water partition coefficient (Wildman–Crippen LogP) is -0.977. The van der Waals surface area contributed by atoms with Crippen molar-refractivity contribution in [3.05, 3.63) is 0 Å². The van der Waals surface area contributed by atoms with Crippen molar-refractivity contribution in [1.82, 2.24) is 5.32 Å². The normalized spacial score (nSPS) is 33.7. The number of primary amides is 1. The molecular weight excluding hydrogens is 132 g/mol. The molecule has 4 heteroatoms. The third-order valence-corrected chi connectivity index (χ3v) is 1.70. The van der Waals surface area contributed by atoms with Crippen LogP contribution in [0.5, 0.6) is 0 Å². The molecule has 0 bridgehead atoms. The number of piperidine rings is 1. The van der Waals surface area contributed by atoms with Gasteiger partial charge in [-0.1, -0.05) is 0 Å². The van der Waals surface area contributed by atoms with Crippen LogP contribution < -0.4 is 11.1 Å². The molecule has 1 amide bonds. The zero-order valence-electron chi connectivity index (χ0n) is 5.67. The Morgan fingerprint density at radius 2 is 2.30 bits per heavy atom. The lowest BCUT2D eigenvalue weighted by Gasteiger charge is -2.23. The first-order valence-electron chi connectivity index (χ1n) is 3.38. The second-order valence-corrected chi connectivity index (χ2v) is 2.56. The molecule has 2 unspecified atom stereocenters. The van der Waals surface area contributed by atoms with Crippen LogP contribution in [0.2, 0.25) is 0 Å². The van der Waals surface area contributed by atoms with E-state index in [1.165, 1.54) is 0 Å². The van der Waals surface area contributed by atoms with Crippen LogP contribution >= 0.6 is 0 Å². The SMILES string of the molecule is NC(=O)C1CC([O])CCN1. The minimum atomic E-state index is -0.612. The summed E-state index contributed by atoms with van der Waals surface area (Å²) >= 11 is 0. The quantitative estimate of drug-likeness (QED) is 0.495. The Morgan fingerprint density at radius 3 is 2.70 bits per heavy atom. The highest BCUT2D eigenvalue weighted by atomic mass is 16.3. The van der Waals surface area contributed by atoms with Crippen molar-refractivity contribution in [3.8, 4) is 0 Å². The van der Waals surface area contributed by atoms with Crippen molar-refractivity contribution in [2.45, 2.75) is 25.0 Å². The van der Waals surface area contributed by atoms with Crippen molar-refractivity contribution in [3.63, 3.8) is 0 Å². The topological polar surface area (TPSA) is 75.0 Å². The van der Waals surface area contributed by atoms with Gasteiger partial charge in [0.1, 0.15) is 0 Å². The van der Waals surface area contributed by atoms with E-state index in [0.29, 0.717) is 19.4 Å². The fourth-order valence-corrected chi connectivity index (χ4v) is 1.10. The van der Waals surface area contributed by atoms with E-state index in [0.717, 1.165) is 0 Å². The molecule has 0 aliphatic carbocycles. The number of nitrogens with one attached hydrogen (secondary N) is 1. The van der Waals surface area contributed by atoms with E-state index in [1.807, 2.05) is 0 Å². The van der Waals surface area contributed by atoms with Gasteiger partial charge in [-0.05, 0) is 13.0 Å². The predicted molar refractivity (Wildman–Crippen MR) is 34.7 cm³/mol. The third kappa shape index (κ3) is 1.68. The fraction of sp³-hybridized carbons (Fsp3) is 0.833. The number of amides is 1. The molecule has 1 aliphatic heterocycles. The standard InChI is InChI=1S/C6H11N2O2/c7-6(10)5-3-4(9)1-2-8-5/h4-5,8H,1-3H2,(H2,7,10). The summed E-state index contributed by atoms with van der Waals surface area (Å²) in [6, 6.07) is -0.392. The molecule has 1 rings (SSSR count). The van der Waals surface area contributed by atoms with E-state index in [1.54, 1.807) is 0 Å². The largest absolute Gasteiger partial charge is 0.368 e. The van der Waals surface area contributed by atoms with E-state index in [2.05, 4.69) is 5.32 Å². The highest BCUT2D eigenvalue weighted by Gasteiger charge is 2.24. The second kappa shape index (κ2) is 2.98. The summed E-state index contributed by atoms with van der Waals surface area (Å²) in [6.45, 7) is 0.613. The maximum atomic E-state index is 10.8. The van der Waals surface area contributed by atoms with Crippen molar-refractivity contribution < 1.29 is 9.90 Å². The maximum absolute atomic E-state index is 10.8. The molecule has 0 spiro atoms. The number of rotatable bonds is 1. The minimum Gasteiger partial charge on any atom is -0.368 e. The van der Waals surface area contributed by atoms with Crippen molar-refractivity contribution in [1.29, 1.82) is 0 Å². The van der Waals surface area contributed by atoms with E-state index >= 15 is 0 Å². The van der Waals surface area contributed by atoms with Crippen molar-refractivity contribution in [2.24, 2.45) is 5.73 Å². The van der Waals surface area contributed by atoms with Crippen LogP contribution in [0.25, 0.3) is 0 Å². The molecule has 1 radical (unpaired) electrons. The van der Waals surface area contributed by atoms with Crippen LogP contribution in [-0.2, 0) is 9.90 Å². The third-order valence-electron chi connectivity index (χ3n) is 1.70. The number of hydrogen-bond donors (Lipinski definition) is 2. The number of carbonyl (C=O) groups excluding carboxylic acids is 1. The fourth-order valence-electron chi connectivity index (χ4n) is 1.10. The highest BCUT2D eigenvalue weighted by Crippen LogP contribution is 2.07. The number of carbonyl (C=O) groups is 1. The Kier molecular flexibility index (Phi) is 2.24. The van der Waals surface area contributed by atoms with Gasteiger partial charge in [-0.3, -0.25) is 4.79 Å². The summed E-state index contributed by atoms with van der Waals surface area (Å²) in [4.78, 5) is 10.5. The van der Waals surface area contributed by atoms with Gasteiger partial charge in [0.25, 0.3) is 0 Å². The van der Waals surface area contributed by atoms with Gasteiger partial charge in [-0.2, -0.15) is 0 Å². The average Bonchev–Trinajstić information content (AvgIpc) is 1.88. The summed E-state index contributed by atoms with van der Waals surface area (Å²) < 4.78 is 0. The van der Waals surface area contributed by atoms with Crippen LogP contribution in [0, 0.1) is 0 Å². The summed E-state index contributed by atoms with van der Waals surface area (Å²) in [5.41, 5.74) is 4.99. The lowest BCUT2D eigenvalue weighted by Crippen LogP contribution is -2.47. The molecule has 4 nitrogen and oxygen atoms in total. The van der Waals surface area contributed by atoms with E-state index < -0.39 is 18.1 Å². The van der Waals surface area contributed by atoms with Gasteiger partial charge in [0.05, 0.1) is 12.1 Å². The monoisotopic (exact) mass is 143 g/mol.